The molecular weight excluding hydrogens is 404 g/mol. The molecular formula is C23H27ClN2O2S. The van der Waals surface area contributed by atoms with Gasteiger partial charge in [0.2, 0.25) is 0 Å². The number of hydrogen-bond acceptors (Lipinski definition) is 3. The molecule has 6 heteroatoms. The third-order valence-corrected chi connectivity index (χ3v) is 6.33. The van der Waals surface area contributed by atoms with E-state index in [0.717, 1.165) is 42.0 Å². The Kier molecular flexibility index (Phi) is 7.14. The normalized spacial score (nSPS) is 15.0. The Hall–Kier alpha value is -2.11. The maximum absolute atomic E-state index is 11.9. The molecule has 0 heterocycles. The van der Waals surface area contributed by atoms with Crippen molar-refractivity contribution in [3.05, 3.63) is 64.2 Å². The first-order valence-electron chi connectivity index (χ1n) is 9.95. The summed E-state index contributed by atoms with van der Waals surface area (Å²) in [7, 11) is 1.39. The molecule has 29 heavy (non-hydrogen) atoms. The number of benzene rings is 2. The number of ether oxygens (including phenoxy) is 1. The summed E-state index contributed by atoms with van der Waals surface area (Å²) in [6, 6.07) is 13.5. The highest BCUT2D eigenvalue weighted by atomic mass is 35.5. The highest BCUT2D eigenvalue weighted by Gasteiger charge is 2.34. The molecule has 154 valence electrons. The first kappa shape index (κ1) is 21.6. The van der Waals surface area contributed by atoms with Gasteiger partial charge in [-0.1, -0.05) is 48.7 Å². The number of rotatable bonds is 6. The number of aryl methyl sites for hydroxylation is 1. The lowest BCUT2D eigenvalue weighted by molar-refractivity contribution is 0.0600. The molecule has 0 amide bonds. The largest absolute Gasteiger partial charge is 0.465 e. The van der Waals surface area contributed by atoms with E-state index in [1.807, 2.05) is 37.3 Å². The molecule has 3 rings (SSSR count). The third kappa shape index (κ3) is 5.28. The highest BCUT2D eigenvalue weighted by molar-refractivity contribution is 7.80. The van der Waals surface area contributed by atoms with Crippen LogP contribution in [0.3, 0.4) is 0 Å². The molecule has 2 aromatic rings. The number of carbonyl (C=O) groups is 1. The highest BCUT2D eigenvalue weighted by Crippen LogP contribution is 2.34. The van der Waals surface area contributed by atoms with E-state index in [1.54, 1.807) is 6.07 Å². The zero-order valence-corrected chi connectivity index (χ0v) is 18.5. The lowest BCUT2D eigenvalue weighted by Crippen LogP contribution is -2.48. The summed E-state index contributed by atoms with van der Waals surface area (Å²) in [5.41, 5.74) is 3.30. The van der Waals surface area contributed by atoms with Crippen molar-refractivity contribution in [2.45, 2.75) is 51.0 Å². The average molecular weight is 431 g/mol. The number of thiocarbonyl (C=S) groups is 1. The van der Waals surface area contributed by atoms with Gasteiger partial charge in [-0.05, 0) is 74.2 Å². The van der Waals surface area contributed by atoms with E-state index in [0.29, 0.717) is 10.7 Å². The summed E-state index contributed by atoms with van der Waals surface area (Å²) in [5, 5.41) is 8.25. The van der Waals surface area contributed by atoms with Crippen LogP contribution in [0.5, 0.6) is 0 Å². The van der Waals surface area contributed by atoms with Gasteiger partial charge in [-0.25, -0.2) is 4.79 Å². The first-order valence-corrected chi connectivity index (χ1v) is 10.7. The molecule has 0 saturated heterocycles. The van der Waals surface area contributed by atoms with Gasteiger partial charge >= 0.3 is 5.97 Å². The number of hydrogen-bond donors (Lipinski definition) is 2. The summed E-state index contributed by atoms with van der Waals surface area (Å²) >= 11 is 12.0. The van der Waals surface area contributed by atoms with Gasteiger partial charge < -0.3 is 15.4 Å². The number of esters is 1. The lowest BCUT2D eigenvalue weighted by atomic mass is 9.89. The second kappa shape index (κ2) is 9.59. The van der Waals surface area contributed by atoms with Crippen molar-refractivity contribution in [3.8, 4) is 0 Å². The Morgan fingerprint density at radius 3 is 2.59 bits per heavy atom. The van der Waals surface area contributed by atoms with Gasteiger partial charge in [-0.15, -0.1) is 0 Å². The quantitative estimate of drug-likeness (QED) is 0.457. The number of methoxy groups -OCH3 is 1. The van der Waals surface area contributed by atoms with E-state index in [9.17, 15) is 4.79 Å². The molecule has 1 saturated carbocycles. The Bertz CT molecular complexity index is 894. The van der Waals surface area contributed by atoms with Crippen LogP contribution >= 0.6 is 23.8 Å². The fraction of sp³-hybridized carbons (Fsp3) is 0.391. The number of carbonyl (C=O) groups excluding carboxylic acids is 1. The van der Waals surface area contributed by atoms with Gasteiger partial charge in [-0.2, -0.15) is 0 Å². The zero-order chi connectivity index (χ0) is 20.9. The van der Waals surface area contributed by atoms with Crippen molar-refractivity contribution in [1.82, 2.24) is 5.32 Å². The van der Waals surface area contributed by atoms with Crippen molar-refractivity contribution >= 4 is 40.6 Å². The maximum Gasteiger partial charge on any atom is 0.338 e. The number of halogens is 1. The van der Waals surface area contributed by atoms with Crippen LogP contribution in [0, 0.1) is 6.92 Å². The van der Waals surface area contributed by atoms with Crippen molar-refractivity contribution in [2.24, 2.45) is 0 Å². The van der Waals surface area contributed by atoms with Crippen LogP contribution in [-0.2, 0) is 11.2 Å². The first-order chi connectivity index (χ1) is 13.9. The Labute approximate surface area is 183 Å². The summed E-state index contributed by atoms with van der Waals surface area (Å²) in [4.78, 5) is 11.9. The minimum Gasteiger partial charge on any atom is -0.465 e. The van der Waals surface area contributed by atoms with Gasteiger partial charge in [0.05, 0.1) is 12.7 Å². The molecule has 1 aliphatic carbocycles. The molecule has 2 aromatic carbocycles. The Morgan fingerprint density at radius 1 is 1.17 bits per heavy atom. The second-order valence-electron chi connectivity index (χ2n) is 7.63. The van der Waals surface area contributed by atoms with E-state index < -0.39 is 0 Å². The molecule has 0 atom stereocenters. The molecule has 2 N–H and O–H groups in total. The summed E-state index contributed by atoms with van der Waals surface area (Å²) in [6.45, 7) is 1.89. The molecule has 1 fully saturated rings. The Balaban J connectivity index is 1.69. The van der Waals surface area contributed by atoms with Gasteiger partial charge in [-0.3, -0.25) is 0 Å². The van der Waals surface area contributed by atoms with Crippen LogP contribution in [0.4, 0.5) is 5.69 Å². The summed E-state index contributed by atoms with van der Waals surface area (Å²) in [6.07, 6.45) is 6.43. The van der Waals surface area contributed by atoms with E-state index >= 15 is 0 Å². The molecule has 0 spiro atoms. The van der Waals surface area contributed by atoms with E-state index in [4.69, 9.17) is 28.6 Å². The average Bonchev–Trinajstić information content (AvgIpc) is 3.17. The van der Waals surface area contributed by atoms with E-state index in [1.165, 1.54) is 25.5 Å². The molecule has 1 aliphatic rings. The zero-order valence-electron chi connectivity index (χ0n) is 16.9. The number of anilines is 1. The van der Waals surface area contributed by atoms with Crippen LogP contribution in [0.2, 0.25) is 5.02 Å². The molecule has 0 radical (unpaired) electrons. The van der Waals surface area contributed by atoms with Crippen molar-refractivity contribution in [3.63, 3.8) is 0 Å². The Morgan fingerprint density at radius 2 is 1.90 bits per heavy atom. The fourth-order valence-corrected chi connectivity index (χ4v) is 4.62. The maximum atomic E-state index is 11.9. The predicted octanol–water partition coefficient (Wildman–Crippen LogP) is 5.67. The summed E-state index contributed by atoms with van der Waals surface area (Å²) < 4.78 is 4.86. The monoisotopic (exact) mass is 430 g/mol. The SMILES string of the molecule is COC(=O)c1cccc(NC(=S)NC2(CCc3ccccc3Cl)CCCC2)c1C. The van der Waals surface area contributed by atoms with Crippen LogP contribution in [0.15, 0.2) is 42.5 Å². The van der Waals surface area contributed by atoms with Crippen LogP contribution in [-0.4, -0.2) is 23.7 Å². The van der Waals surface area contributed by atoms with Gasteiger partial charge in [0.25, 0.3) is 0 Å². The fourth-order valence-electron chi connectivity index (χ4n) is 4.06. The standard InChI is InChI=1S/C23H27ClN2O2S/c1-16-18(21(27)28-2)9-7-11-20(16)25-22(29)26-23(13-5-6-14-23)15-12-17-8-3-4-10-19(17)24/h3-4,7-11H,5-6,12-15H2,1-2H3,(H2,25,26,29). The molecule has 0 bridgehead atoms. The smallest absolute Gasteiger partial charge is 0.338 e. The molecule has 0 aromatic heterocycles. The predicted molar refractivity (Wildman–Crippen MR) is 123 cm³/mol. The summed E-state index contributed by atoms with van der Waals surface area (Å²) in [5.74, 6) is -0.350. The van der Waals surface area contributed by atoms with Crippen molar-refractivity contribution < 1.29 is 9.53 Å². The van der Waals surface area contributed by atoms with E-state index in [2.05, 4.69) is 16.7 Å². The van der Waals surface area contributed by atoms with Gasteiger partial charge in [0.15, 0.2) is 5.11 Å². The van der Waals surface area contributed by atoms with Gasteiger partial charge in [0, 0.05) is 16.2 Å². The third-order valence-electron chi connectivity index (χ3n) is 5.76. The topological polar surface area (TPSA) is 50.4 Å². The second-order valence-corrected chi connectivity index (χ2v) is 8.44. The van der Waals surface area contributed by atoms with E-state index in [-0.39, 0.29) is 11.5 Å². The van der Waals surface area contributed by atoms with Crippen LogP contribution < -0.4 is 10.6 Å². The molecule has 0 aliphatic heterocycles. The minimum absolute atomic E-state index is 0.0306. The van der Waals surface area contributed by atoms with Crippen LogP contribution in [0.1, 0.15) is 53.6 Å². The molecule has 4 nitrogen and oxygen atoms in total. The number of nitrogens with one attached hydrogen (secondary N) is 2. The van der Waals surface area contributed by atoms with Crippen molar-refractivity contribution in [2.75, 3.05) is 12.4 Å². The van der Waals surface area contributed by atoms with Crippen LogP contribution in [0.25, 0.3) is 0 Å². The molecule has 0 unspecified atom stereocenters. The lowest BCUT2D eigenvalue weighted by Gasteiger charge is -2.32. The minimum atomic E-state index is -0.350. The van der Waals surface area contributed by atoms with Gasteiger partial charge in [0.1, 0.15) is 0 Å². The van der Waals surface area contributed by atoms with Crippen molar-refractivity contribution in [1.29, 1.82) is 0 Å².